The van der Waals surface area contributed by atoms with Gasteiger partial charge in [-0.25, -0.2) is 8.78 Å². The molecule has 0 radical (unpaired) electrons. The summed E-state index contributed by atoms with van der Waals surface area (Å²) in [6.45, 7) is 6.10. The van der Waals surface area contributed by atoms with Crippen molar-refractivity contribution in [1.82, 2.24) is 5.32 Å². The van der Waals surface area contributed by atoms with Crippen LogP contribution in [0.1, 0.15) is 35.2 Å². The van der Waals surface area contributed by atoms with Crippen molar-refractivity contribution in [2.24, 2.45) is 0 Å². The van der Waals surface area contributed by atoms with Crippen molar-refractivity contribution in [1.29, 1.82) is 0 Å². The molecule has 112 valence electrons. The number of benzene rings is 2. The van der Waals surface area contributed by atoms with Gasteiger partial charge < -0.3 is 5.32 Å². The molecule has 1 unspecified atom stereocenters. The summed E-state index contributed by atoms with van der Waals surface area (Å²) >= 11 is 6.10. The molecule has 2 aromatic carbocycles. The average molecular weight is 310 g/mol. The van der Waals surface area contributed by atoms with Crippen molar-refractivity contribution in [2.75, 3.05) is 6.54 Å². The lowest BCUT2D eigenvalue weighted by molar-refractivity contribution is 0.592. The van der Waals surface area contributed by atoms with Crippen molar-refractivity contribution in [2.45, 2.75) is 26.8 Å². The number of hydrogen-bond donors (Lipinski definition) is 1. The van der Waals surface area contributed by atoms with E-state index in [1.807, 2.05) is 6.92 Å². The van der Waals surface area contributed by atoms with Crippen molar-refractivity contribution in [3.8, 4) is 0 Å². The molecule has 0 aromatic heterocycles. The highest BCUT2D eigenvalue weighted by Crippen LogP contribution is 2.31. The van der Waals surface area contributed by atoms with E-state index in [1.165, 1.54) is 6.07 Å². The van der Waals surface area contributed by atoms with Crippen LogP contribution in [-0.2, 0) is 0 Å². The SMILES string of the molecule is CCNC(c1cc(C)c(F)c(C)c1)c1cccc(F)c1Cl. The normalized spacial score (nSPS) is 12.5. The van der Waals surface area contributed by atoms with Crippen LogP contribution in [0.4, 0.5) is 8.78 Å². The van der Waals surface area contributed by atoms with Crippen LogP contribution >= 0.6 is 11.6 Å². The Balaban J connectivity index is 2.56. The van der Waals surface area contributed by atoms with Gasteiger partial charge in [-0.15, -0.1) is 0 Å². The second kappa shape index (κ2) is 6.54. The smallest absolute Gasteiger partial charge is 0.142 e. The first-order valence-corrected chi connectivity index (χ1v) is 7.27. The molecule has 0 aliphatic heterocycles. The van der Waals surface area contributed by atoms with E-state index in [9.17, 15) is 8.78 Å². The maximum Gasteiger partial charge on any atom is 0.142 e. The van der Waals surface area contributed by atoms with Gasteiger partial charge in [0.15, 0.2) is 0 Å². The van der Waals surface area contributed by atoms with E-state index in [-0.39, 0.29) is 16.9 Å². The minimum atomic E-state index is -0.451. The van der Waals surface area contributed by atoms with Crippen LogP contribution in [0, 0.1) is 25.5 Å². The predicted molar refractivity (Wildman–Crippen MR) is 82.8 cm³/mol. The van der Waals surface area contributed by atoms with E-state index in [0.717, 1.165) is 5.56 Å². The first-order valence-electron chi connectivity index (χ1n) is 6.89. The lowest BCUT2D eigenvalue weighted by Gasteiger charge is -2.21. The molecule has 0 bridgehead atoms. The van der Waals surface area contributed by atoms with Crippen LogP contribution in [-0.4, -0.2) is 6.54 Å². The molecule has 0 amide bonds. The monoisotopic (exact) mass is 309 g/mol. The van der Waals surface area contributed by atoms with Crippen molar-refractivity contribution < 1.29 is 8.78 Å². The minimum Gasteiger partial charge on any atom is -0.306 e. The zero-order valence-corrected chi connectivity index (χ0v) is 13.1. The maximum atomic E-state index is 13.8. The molecule has 0 aliphatic carbocycles. The second-order valence-corrected chi connectivity index (χ2v) is 5.48. The lowest BCUT2D eigenvalue weighted by Crippen LogP contribution is -2.23. The molecule has 0 saturated carbocycles. The Morgan fingerprint density at radius 1 is 1.14 bits per heavy atom. The fourth-order valence-corrected chi connectivity index (χ4v) is 2.74. The largest absolute Gasteiger partial charge is 0.306 e. The number of hydrogen-bond acceptors (Lipinski definition) is 1. The van der Waals surface area contributed by atoms with Crippen LogP contribution in [0.15, 0.2) is 30.3 Å². The molecule has 2 rings (SSSR count). The number of nitrogens with one attached hydrogen (secondary N) is 1. The van der Waals surface area contributed by atoms with Gasteiger partial charge in [0.05, 0.1) is 11.1 Å². The Hall–Kier alpha value is -1.45. The second-order valence-electron chi connectivity index (χ2n) is 5.10. The van der Waals surface area contributed by atoms with Gasteiger partial charge in [-0.1, -0.05) is 42.8 Å². The molecule has 1 atom stereocenters. The fourth-order valence-electron chi connectivity index (χ4n) is 2.50. The molecule has 0 spiro atoms. The Morgan fingerprint density at radius 2 is 1.76 bits per heavy atom. The van der Waals surface area contributed by atoms with Gasteiger partial charge in [0.25, 0.3) is 0 Å². The maximum absolute atomic E-state index is 13.8. The first kappa shape index (κ1) is 15.9. The summed E-state index contributed by atoms with van der Waals surface area (Å²) < 4.78 is 27.5. The zero-order chi connectivity index (χ0) is 15.6. The lowest BCUT2D eigenvalue weighted by atomic mass is 9.95. The highest BCUT2D eigenvalue weighted by molar-refractivity contribution is 6.31. The van der Waals surface area contributed by atoms with E-state index in [2.05, 4.69) is 5.32 Å². The van der Waals surface area contributed by atoms with Gasteiger partial charge in [0, 0.05) is 0 Å². The molecule has 1 N–H and O–H groups in total. The summed E-state index contributed by atoms with van der Waals surface area (Å²) in [6, 6.07) is 8.02. The third-order valence-corrected chi connectivity index (χ3v) is 3.89. The molecule has 0 fully saturated rings. The van der Waals surface area contributed by atoms with Gasteiger partial charge in [-0.3, -0.25) is 0 Å². The Bertz CT molecular complexity index is 632. The quantitative estimate of drug-likeness (QED) is 0.844. The van der Waals surface area contributed by atoms with E-state index in [0.29, 0.717) is 23.2 Å². The average Bonchev–Trinajstić information content (AvgIpc) is 2.45. The molecule has 0 heterocycles. The van der Waals surface area contributed by atoms with E-state index in [1.54, 1.807) is 38.1 Å². The summed E-state index contributed by atoms with van der Waals surface area (Å²) in [5.41, 5.74) is 2.67. The Labute approximate surface area is 128 Å². The summed E-state index contributed by atoms with van der Waals surface area (Å²) in [5.74, 6) is -0.660. The van der Waals surface area contributed by atoms with Crippen LogP contribution < -0.4 is 5.32 Å². The van der Waals surface area contributed by atoms with Gasteiger partial charge in [-0.2, -0.15) is 0 Å². The van der Waals surface area contributed by atoms with E-state index < -0.39 is 5.82 Å². The van der Waals surface area contributed by atoms with E-state index in [4.69, 9.17) is 11.6 Å². The third kappa shape index (κ3) is 3.25. The van der Waals surface area contributed by atoms with Crippen LogP contribution in [0.25, 0.3) is 0 Å². The summed E-state index contributed by atoms with van der Waals surface area (Å²) in [7, 11) is 0. The molecule has 0 aliphatic rings. The predicted octanol–water partition coefficient (Wildman–Crippen LogP) is 4.93. The molecular formula is C17H18ClF2N. The molecule has 0 saturated heterocycles. The summed E-state index contributed by atoms with van der Waals surface area (Å²) in [4.78, 5) is 0. The molecule has 4 heteroatoms. The fraction of sp³-hybridized carbons (Fsp3) is 0.294. The summed E-state index contributed by atoms with van der Waals surface area (Å²) in [5, 5.41) is 3.38. The van der Waals surface area contributed by atoms with E-state index >= 15 is 0 Å². The topological polar surface area (TPSA) is 12.0 Å². The van der Waals surface area contributed by atoms with Gasteiger partial charge in [0.2, 0.25) is 0 Å². The molecule has 21 heavy (non-hydrogen) atoms. The molecule has 1 nitrogen and oxygen atoms in total. The summed E-state index contributed by atoms with van der Waals surface area (Å²) in [6.07, 6.45) is 0. The van der Waals surface area contributed by atoms with Crippen molar-refractivity contribution in [3.05, 3.63) is 69.2 Å². The minimum absolute atomic E-state index is 0.100. The standard InChI is InChI=1S/C17H18ClF2N/c1-4-21-17(13-6-5-7-14(19)15(13)18)12-8-10(2)16(20)11(3)9-12/h5-9,17,21H,4H2,1-3H3. The van der Waals surface area contributed by atoms with Gasteiger partial charge in [0.1, 0.15) is 11.6 Å². The zero-order valence-electron chi connectivity index (χ0n) is 12.3. The van der Waals surface area contributed by atoms with Crippen LogP contribution in [0.5, 0.6) is 0 Å². The number of aryl methyl sites for hydroxylation is 2. The Kier molecular flexibility index (Phi) is 4.96. The molecular weight excluding hydrogens is 292 g/mol. The van der Waals surface area contributed by atoms with Gasteiger partial charge >= 0.3 is 0 Å². The van der Waals surface area contributed by atoms with Crippen LogP contribution in [0.2, 0.25) is 5.02 Å². The number of rotatable bonds is 4. The van der Waals surface area contributed by atoms with Crippen molar-refractivity contribution >= 4 is 11.6 Å². The Morgan fingerprint density at radius 3 is 2.33 bits per heavy atom. The molecule has 2 aromatic rings. The van der Waals surface area contributed by atoms with Crippen LogP contribution in [0.3, 0.4) is 0 Å². The first-order chi connectivity index (χ1) is 9.95. The number of halogens is 3. The van der Waals surface area contributed by atoms with Crippen molar-refractivity contribution in [3.63, 3.8) is 0 Å². The highest BCUT2D eigenvalue weighted by atomic mass is 35.5. The van der Waals surface area contributed by atoms with Gasteiger partial charge in [-0.05, 0) is 48.7 Å². The third-order valence-electron chi connectivity index (χ3n) is 3.49. The highest BCUT2D eigenvalue weighted by Gasteiger charge is 2.19.